The molecule has 49 heavy (non-hydrogen) atoms. The third-order valence-electron chi connectivity index (χ3n) is 9.01. The van der Waals surface area contributed by atoms with Gasteiger partial charge in [0.25, 0.3) is 0 Å². The second-order valence-electron chi connectivity index (χ2n) is 13.8. The number of hydrogen-bond donors (Lipinski definition) is 1. The maximum Gasteiger partial charge on any atom is 0.472 e. The van der Waals surface area contributed by atoms with Crippen molar-refractivity contribution in [3.05, 3.63) is 12.2 Å². The van der Waals surface area contributed by atoms with Crippen LogP contribution in [0.3, 0.4) is 0 Å². The zero-order chi connectivity index (χ0) is 36.1. The van der Waals surface area contributed by atoms with Crippen LogP contribution in [0, 0.1) is 0 Å². The molecule has 0 spiro atoms. The largest absolute Gasteiger partial charge is 0.472 e. The average molecular weight is 717 g/mol. The molecule has 0 saturated carbocycles. The van der Waals surface area contributed by atoms with Gasteiger partial charge in [-0.25, -0.2) is 4.57 Å². The van der Waals surface area contributed by atoms with Gasteiger partial charge < -0.3 is 14.4 Å². The van der Waals surface area contributed by atoms with Crippen molar-refractivity contribution in [1.29, 1.82) is 0 Å². The van der Waals surface area contributed by atoms with E-state index in [0.717, 1.165) is 58.5 Å². The van der Waals surface area contributed by atoms with E-state index >= 15 is 0 Å². The first-order valence-corrected chi connectivity index (χ1v) is 21.9. The van der Waals surface area contributed by atoms with Crippen LogP contribution >= 0.6 is 7.82 Å². The number of rotatable bonds is 38. The third kappa shape index (κ3) is 36.4. The predicted molar refractivity (Wildman–Crippen MR) is 203 cm³/mol. The van der Waals surface area contributed by atoms with E-state index in [-0.39, 0.29) is 19.0 Å². The van der Waals surface area contributed by atoms with Crippen molar-refractivity contribution in [2.45, 2.75) is 213 Å². The maximum atomic E-state index is 12.4. The second-order valence-corrected chi connectivity index (χ2v) is 15.3. The smallest absolute Gasteiger partial charge is 0.462 e. The normalized spacial score (nSPS) is 13.5. The van der Waals surface area contributed by atoms with Crippen molar-refractivity contribution >= 4 is 19.8 Å². The van der Waals surface area contributed by atoms with Gasteiger partial charge in [0.2, 0.25) is 0 Å². The average Bonchev–Trinajstić information content (AvgIpc) is 3.09. The van der Waals surface area contributed by atoms with E-state index < -0.39 is 26.5 Å². The highest BCUT2D eigenvalue weighted by Crippen LogP contribution is 2.42. The van der Waals surface area contributed by atoms with E-state index in [4.69, 9.17) is 14.0 Å². The van der Waals surface area contributed by atoms with Crippen LogP contribution in [-0.2, 0) is 32.7 Å². The molecule has 1 N–H and O–H groups in total. The van der Waals surface area contributed by atoms with Crippen LogP contribution in [0.1, 0.15) is 206 Å². The molecule has 290 valence electrons. The third-order valence-corrected chi connectivity index (χ3v) is 9.95. The van der Waals surface area contributed by atoms with Gasteiger partial charge in [0.05, 0.1) is 6.61 Å². The Morgan fingerprint density at radius 2 is 0.918 bits per heavy atom. The van der Waals surface area contributed by atoms with E-state index in [0.29, 0.717) is 12.8 Å². The molecule has 0 fully saturated rings. The van der Waals surface area contributed by atoms with Crippen molar-refractivity contribution in [2.24, 2.45) is 0 Å². The summed E-state index contributed by atoms with van der Waals surface area (Å²) in [6.45, 7) is 3.88. The Hall–Kier alpha value is -1.21. The summed E-state index contributed by atoms with van der Waals surface area (Å²) >= 11 is 0. The lowest BCUT2D eigenvalue weighted by Crippen LogP contribution is -2.29. The van der Waals surface area contributed by atoms with E-state index in [1.165, 1.54) is 122 Å². The lowest BCUT2D eigenvalue weighted by molar-refractivity contribution is -0.161. The standard InChI is InChI=1S/C40H77O8P/c1-4-6-8-10-12-14-16-18-19-20-21-23-24-26-28-30-32-34-39(41)46-36-38(37-47-49(43,44)45-3)48-40(42)35-33-31-29-27-25-22-17-15-13-11-9-7-5-2/h15,17,38H,4-14,16,18-37H2,1-3H3,(H,43,44)/b17-15-. The molecule has 0 aliphatic carbocycles. The lowest BCUT2D eigenvalue weighted by Gasteiger charge is -2.19. The molecular weight excluding hydrogens is 639 g/mol. The van der Waals surface area contributed by atoms with Crippen LogP contribution in [0.25, 0.3) is 0 Å². The van der Waals surface area contributed by atoms with Crippen molar-refractivity contribution < 1.29 is 37.6 Å². The van der Waals surface area contributed by atoms with Gasteiger partial charge in [0.15, 0.2) is 6.10 Å². The summed E-state index contributed by atoms with van der Waals surface area (Å²) < 4.78 is 31.9. The quantitative estimate of drug-likeness (QED) is 0.0291. The Balaban J connectivity index is 3.98. The molecule has 0 rings (SSSR count). The monoisotopic (exact) mass is 717 g/mol. The van der Waals surface area contributed by atoms with Gasteiger partial charge in [-0.1, -0.05) is 167 Å². The molecule has 0 heterocycles. The number of carbonyl (C=O) groups is 2. The van der Waals surface area contributed by atoms with E-state index in [2.05, 4.69) is 30.5 Å². The van der Waals surface area contributed by atoms with Crippen molar-refractivity contribution in [2.75, 3.05) is 20.3 Å². The highest BCUT2D eigenvalue weighted by molar-refractivity contribution is 7.47. The zero-order valence-electron chi connectivity index (χ0n) is 32.1. The number of carbonyl (C=O) groups excluding carboxylic acids is 2. The summed E-state index contributed by atoms with van der Waals surface area (Å²) in [6, 6.07) is 0. The first kappa shape index (κ1) is 47.8. The summed E-state index contributed by atoms with van der Waals surface area (Å²) in [5.41, 5.74) is 0. The summed E-state index contributed by atoms with van der Waals surface area (Å²) in [6.07, 6.45) is 38.3. The number of allylic oxidation sites excluding steroid dienone is 2. The minimum absolute atomic E-state index is 0.223. The molecule has 0 amide bonds. The summed E-state index contributed by atoms with van der Waals surface area (Å²) in [5, 5.41) is 0. The van der Waals surface area contributed by atoms with E-state index in [1.54, 1.807) is 0 Å². The Morgan fingerprint density at radius 3 is 1.35 bits per heavy atom. The highest BCUT2D eigenvalue weighted by Gasteiger charge is 2.24. The van der Waals surface area contributed by atoms with Crippen molar-refractivity contribution in [3.63, 3.8) is 0 Å². The number of phosphoric ester groups is 1. The fourth-order valence-electron chi connectivity index (χ4n) is 5.83. The number of esters is 2. The van der Waals surface area contributed by atoms with Gasteiger partial charge in [-0.15, -0.1) is 0 Å². The van der Waals surface area contributed by atoms with Gasteiger partial charge >= 0.3 is 19.8 Å². The maximum absolute atomic E-state index is 12.4. The molecule has 0 aromatic rings. The Bertz CT molecular complexity index is 818. The summed E-state index contributed by atoms with van der Waals surface area (Å²) in [7, 11) is -3.19. The molecular formula is C40H77O8P. The molecule has 0 saturated heterocycles. The van der Waals surface area contributed by atoms with Crippen LogP contribution in [0.5, 0.6) is 0 Å². The summed E-state index contributed by atoms with van der Waals surface area (Å²) in [5.74, 6) is -0.804. The molecule has 2 unspecified atom stereocenters. The number of hydrogen-bond acceptors (Lipinski definition) is 7. The van der Waals surface area contributed by atoms with Crippen LogP contribution in [0.15, 0.2) is 12.2 Å². The molecule has 0 aliphatic heterocycles. The number of unbranched alkanes of at least 4 members (excludes halogenated alkanes) is 25. The molecule has 8 nitrogen and oxygen atoms in total. The topological polar surface area (TPSA) is 108 Å². The molecule has 0 aromatic carbocycles. The molecule has 0 radical (unpaired) electrons. The Morgan fingerprint density at radius 1 is 0.551 bits per heavy atom. The minimum atomic E-state index is -4.25. The van der Waals surface area contributed by atoms with E-state index in [1.807, 2.05) is 0 Å². The molecule has 0 aromatic heterocycles. The molecule has 9 heteroatoms. The van der Waals surface area contributed by atoms with E-state index in [9.17, 15) is 19.0 Å². The fraction of sp³-hybridized carbons (Fsp3) is 0.900. The predicted octanol–water partition coefficient (Wildman–Crippen LogP) is 12.5. The van der Waals surface area contributed by atoms with Crippen molar-refractivity contribution in [1.82, 2.24) is 0 Å². The zero-order valence-corrected chi connectivity index (χ0v) is 33.0. The second kappa shape index (κ2) is 36.6. The SMILES string of the molecule is CCCCCC/C=C\CCCCCCCC(=O)OC(COC(=O)CCCCCCCCCCCCCCCCCCC)COP(=O)(O)OC. The highest BCUT2D eigenvalue weighted by atomic mass is 31.2. The number of ether oxygens (including phenoxy) is 2. The minimum Gasteiger partial charge on any atom is -0.462 e. The first-order chi connectivity index (χ1) is 23.8. The molecule has 0 aliphatic rings. The van der Waals surface area contributed by atoms with Gasteiger partial charge in [-0.2, -0.15) is 0 Å². The van der Waals surface area contributed by atoms with Crippen molar-refractivity contribution in [3.8, 4) is 0 Å². The van der Waals surface area contributed by atoms with Crippen LogP contribution < -0.4 is 0 Å². The molecule has 0 bridgehead atoms. The van der Waals surface area contributed by atoms with Gasteiger partial charge in [0.1, 0.15) is 6.61 Å². The number of phosphoric acid groups is 1. The molecule has 2 atom stereocenters. The van der Waals surface area contributed by atoms with Gasteiger partial charge in [-0.05, 0) is 38.5 Å². The Kier molecular flexibility index (Phi) is 35.7. The van der Waals surface area contributed by atoms with Gasteiger partial charge in [0, 0.05) is 20.0 Å². The summed E-state index contributed by atoms with van der Waals surface area (Å²) in [4.78, 5) is 34.4. The van der Waals surface area contributed by atoms with Crippen LogP contribution in [-0.4, -0.2) is 43.3 Å². The van der Waals surface area contributed by atoms with Crippen LogP contribution in [0.2, 0.25) is 0 Å². The fourth-order valence-corrected chi connectivity index (χ4v) is 6.29. The van der Waals surface area contributed by atoms with Gasteiger partial charge in [-0.3, -0.25) is 18.6 Å². The Labute approximate surface area is 301 Å². The van der Waals surface area contributed by atoms with Crippen LogP contribution in [0.4, 0.5) is 0 Å². The lowest BCUT2D eigenvalue weighted by atomic mass is 10.0. The first-order valence-electron chi connectivity index (χ1n) is 20.4.